The van der Waals surface area contributed by atoms with Gasteiger partial charge in [0.05, 0.1) is 12.2 Å². The van der Waals surface area contributed by atoms with Gasteiger partial charge in [0, 0.05) is 29.9 Å². The maximum atomic E-state index is 9.37. The van der Waals surface area contributed by atoms with Crippen LogP contribution >= 0.6 is 0 Å². The van der Waals surface area contributed by atoms with Crippen molar-refractivity contribution in [2.75, 3.05) is 13.6 Å². The fourth-order valence-corrected chi connectivity index (χ4v) is 3.71. The number of aliphatic hydroxyl groups excluding tert-OH is 1. The lowest BCUT2D eigenvalue weighted by Crippen LogP contribution is -2.47. The highest BCUT2D eigenvalue weighted by atomic mass is 16.5. The Kier molecular flexibility index (Phi) is 9.74. The van der Waals surface area contributed by atoms with E-state index < -0.39 is 6.29 Å². The summed E-state index contributed by atoms with van der Waals surface area (Å²) in [7, 11) is 1.50. The van der Waals surface area contributed by atoms with Crippen LogP contribution < -0.4 is 21.5 Å². The standard InChI is InChI=1S/C24H30N4O2.CH5N/c1-5-18(13-19-10-8-7-9-16(19)3)21-15-26-28(6-2)23(21)27-17(4)20-11-12-22(24(29)30)25-14-20;1-2/h5-10,13,15,20,22,24-25,29-30H,2-3,11-12,14H2,1,4H3;2H2,1H3/b18-5+,19-13-,27-17+;. The lowest BCUT2D eigenvalue weighted by molar-refractivity contribution is -0.0734. The number of hydrogen-bond acceptors (Lipinski definition) is 6. The molecule has 5 N–H and O–H groups in total. The smallest absolute Gasteiger partial charge is 0.167 e. The van der Waals surface area contributed by atoms with Gasteiger partial charge in [-0.05, 0) is 55.8 Å². The summed E-state index contributed by atoms with van der Waals surface area (Å²) in [4.78, 5) is 4.92. The van der Waals surface area contributed by atoms with Crippen molar-refractivity contribution in [2.45, 2.75) is 39.0 Å². The zero-order chi connectivity index (χ0) is 23.7. The van der Waals surface area contributed by atoms with Gasteiger partial charge in [-0.1, -0.05) is 43.5 Å². The van der Waals surface area contributed by atoms with Gasteiger partial charge < -0.3 is 21.3 Å². The third-order valence-electron chi connectivity index (χ3n) is 5.62. The molecule has 2 aromatic rings. The number of nitrogens with one attached hydrogen (secondary N) is 1. The van der Waals surface area contributed by atoms with Gasteiger partial charge in [-0.15, -0.1) is 0 Å². The Labute approximate surface area is 190 Å². The molecule has 1 aromatic heterocycles. The first kappa shape index (κ1) is 25.4. The SMILES string of the molecule is C=Cn1ncc(C(/C=c2/ccccc2=C)=C/C)c1/N=C(\C)C1CCC(C(O)O)NC1.CN. The van der Waals surface area contributed by atoms with Crippen molar-refractivity contribution in [1.29, 1.82) is 0 Å². The summed E-state index contributed by atoms with van der Waals surface area (Å²) in [5.74, 6) is 0.956. The average molecular weight is 438 g/mol. The Morgan fingerprint density at radius 2 is 2.03 bits per heavy atom. The molecular weight excluding hydrogens is 402 g/mol. The molecule has 0 bridgehead atoms. The zero-order valence-electron chi connectivity index (χ0n) is 19.2. The van der Waals surface area contributed by atoms with Crippen molar-refractivity contribution in [2.24, 2.45) is 16.6 Å². The Morgan fingerprint density at radius 1 is 1.31 bits per heavy atom. The van der Waals surface area contributed by atoms with E-state index in [0.29, 0.717) is 13.0 Å². The first-order chi connectivity index (χ1) is 15.4. The molecular formula is C25H35N5O2. The molecule has 2 atom stereocenters. The predicted molar refractivity (Wildman–Crippen MR) is 134 cm³/mol. The molecule has 0 aliphatic carbocycles. The van der Waals surface area contributed by atoms with E-state index in [1.54, 1.807) is 10.9 Å². The fourth-order valence-electron chi connectivity index (χ4n) is 3.71. The normalized spacial score (nSPS) is 20.2. The maximum absolute atomic E-state index is 9.37. The zero-order valence-corrected chi connectivity index (χ0v) is 19.2. The monoisotopic (exact) mass is 437 g/mol. The van der Waals surface area contributed by atoms with Crippen LogP contribution in [-0.2, 0) is 0 Å². The molecule has 1 aliphatic rings. The van der Waals surface area contributed by atoms with Crippen LogP contribution in [0.4, 0.5) is 5.82 Å². The molecule has 1 aromatic carbocycles. The fraction of sp³-hybridized carbons (Fsp3) is 0.360. The van der Waals surface area contributed by atoms with E-state index in [1.165, 1.54) is 7.05 Å². The average Bonchev–Trinajstić information content (AvgIpc) is 3.22. The number of allylic oxidation sites excluding steroid dienone is 2. The van der Waals surface area contributed by atoms with Crippen LogP contribution in [0.15, 0.2) is 48.1 Å². The largest absolute Gasteiger partial charge is 0.367 e. The first-order valence-corrected chi connectivity index (χ1v) is 10.8. The highest BCUT2D eigenvalue weighted by molar-refractivity contribution is 5.94. The van der Waals surface area contributed by atoms with E-state index in [4.69, 9.17) is 4.99 Å². The van der Waals surface area contributed by atoms with Gasteiger partial charge in [0.2, 0.25) is 0 Å². The summed E-state index contributed by atoms with van der Waals surface area (Å²) in [6, 6.07) is 7.72. The number of nitrogens with zero attached hydrogens (tertiary/aromatic N) is 3. The molecule has 1 aliphatic heterocycles. The minimum absolute atomic E-state index is 0.222. The van der Waals surface area contributed by atoms with Crippen LogP contribution in [0.3, 0.4) is 0 Å². The number of aromatic nitrogens is 2. The van der Waals surface area contributed by atoms with Crippen molar-refractivity contribution in [1.82, 2.24) is 15.1 Å². The summed E-state index contributed by atoms with van der Waals surface area (Å²) in [6.45, 7) is 12.6. The second kappa shape index (κ2) is 12.3. The molecule has 32 heavy (non-hydrogen) atoms. The van der Waals surface area contributed by atoms with E-state index in [2.05, 4.69) is 35.4 Å². The van der Waals surface area contributed by atoms with E-state index in [0.717, 1.165) is 39.5 Å². The van der Waals surface area contributed by atoms with Crippen molar-refractivity contribution >= 4 is 36.0 Å². The Bertz CT molecular complexity index is 1060. The van der Waals surface area contributed by atoms with Gasteiger partial charge in [0.25, 0.3) is 0 Å². The van der Waals surface area contributed by atoms with E-state index in [-0.39, 0.29) is 12.0 Å². The summed E-state index contributed by atoms with van der Waals surface area (Å²) in [6.07, 6.45) is 7.80. The number of rotatable bonds is 6. The molecule has 2 unspecified atom stereocenters. The van der Waals surface area contributed by atoms with Crippen LogP contribution in [0.5, 0.6) is 0 Å². The van der Waals surface area contributed by atoms with Crippen LogP contribution in [-0.4, -0.2) is 51.6 Å². The minimum Gasteiger partial charge on any atom is -0.367 e. The quantitative estimate of drug-likeness (QED) is 0.406. The van der Waals surface area contributed by atoms with Crippen molar-refractivity contribution in [3.8, 4) is 0 Å². The van der Waals surface area contributed by atoms with Crippen molar-refractivity contribution < 1.29 is 10.2 Å². The number of nitrogens with two attached hydrogens (primary N) is 1. The highest BCUT2D eigenvalue weighted by Crippen LogP contribution is 2.29. The molecule has 1 fully saturated rings. The number of hydrogen-bond donors (Lipinski definition) is 4. The van der Waals surface area contributed by atoms with Crippen LogP contribution in [0.2, 0.25) is 0 Å². The highest BCUT2D eigenvalue weighted by Gasteiger charge is 2.26. The third-order valence-corrected chi connectivity index (χ3v) is 5.62. The molecule has 3 rings (SSSR count). The summed E-state index contributed by atoms with van der Waals surface area (Å²) in [5.41, 5.74) is 7.41. The molecule has 7 nitrogen and oxygen atoms in total. The first-order valence-electron chi connectivity index (χ1n) is 10.8. The molecule has 2 heterocycles. The summed E-state index contributed by atoms with van der Waals surface area (Å²) < 4.78 is 1.68. The summed E-state index contributed by atoms with van der Waals surface area (Å²) >= 11 is 0. The molecule has 0 radical (unpaired) electrons. The van der Waals surface area contributed by atoms with Gasteiger partial charge in [-0.2, -0.15) is 5.10 Å². The lowest BCUT2D eigenvalue weighted by atomic mass is 9.91. The van der Waals surface area contributed by atoms with Crippen LogP contribution in [0.25, 0.3) is 24.4 Å². The Hall–Kier alpha value is -2.84. The molecule has 0 spiro atoms. The Morgan fingerprint density at radius 3 is 2.59 bits per heavy atom. The molecule has 0 saturated carbocycles. The van der Waals surface area contributed by atoms with E-state index in [9.17, 15) is 10.2 Å². The van der Waals surface area contributed by atoms with Crippen molar-refractivity contribution in [3.05, 3.63) is 59.1 Å². The number of aliphatic hydroxyl groups is 2. The second-order valence-electron chi connectivity index (χ2n) is 7.55. The molecule has 1 saturated heterocycles. The molecule has 172 valence electrons. The summed E-state index contributed by atoms with van der Waals surface area (Å²) in [5, 5.41) is 28.4. The van der Waals surface area contributed by atoms with Gasteiger partial charge in [0.15, 0.2) is 12.1 Å². The topological polar surface area (TPSA) is 109 Å². The molecule has 0 amide bonds. The number of piperidine rings is 1. The number of benzene rings is 1. The van der Waals surface area contributed by atoms with E-state index >= 15 is 0 Å². The Balaban J connectivity index is 0.00000176. The predicted octanol–water partition coefficient (Wildman–Crippen LogP) is 1.62. The second-order valence-corrected chi connectivity index (χ2v) is 7.55. The number of aliphatic imine (C=N–C) groups is 1. The van der Waals surface area contributed by atoms with Crippen LogP contribution in [0.1, 0.15) is 32.3 Å². The van der Waals surface area contributed by atoms with Crippen LogP contribution in [0, 0.1) is 5.92 Å². The minimum atomic E-state index is -1.33. The van der Waals surface area contributed by atoms with E-state index in [1.807, 2.05) is 50.4 Å². The molecule has 7 heteroatoms. The maximum Gasteiger partial charge on any atom is 0.167 e. The van der Waals surface area contributed by atoms with Gasteiger partial charge in [-0.3, -0.25) is 0 Å². The van der Waals surface area contributed by atoms with Gasteiger partial charge >= 0.3 is 0 Å². The lowest BCUT2D eigenvalue weighted by Gasteiger charge is -2.30. The van der Waals surface area contributed by atoms with Gasteiger partial charge in [0.1, 0.15) is 0 Å². The van der Waals surface area contributed by atoms with Crippen molar-refractivity contribution in [3.63, 3.8) is 0 Å². The third kappa shape index (κ3) is 6.11. The van der Waals surface area contributed by atoms with Gasteiger partial charge in [-0.25, -0.2) is 9.67 Å².